The standard InChI is InChI=1S/C26H30ClNO5/c1-15(2)17-6-8-18(9-7-17)23-22(24(29)20-14-19(27)10-11-21(20)32-5)25(30)26(31)28(23)12-13-33-16(3)4/h6-11,14-16,23,29H,12-13H2,1-5H3/b24-22+. The van der Waals surface area contributed by atoms with Gasteiger partial charge < -0.3 is 19.5 Å². The molecule has 0 spiro atoms. The normalized spacial score (nSPS) is 17.9. The summed E-state index contributed by atoms with van der Waals surface area (Å²) >= 11 is 6.15. The van der Waals surface area contributed by atoms with Crippen LogP contribution in [0.2, 0.25) is 5.02 Å². The van der Waals surface area contributed by atoms with Crippen LogP contribution in [0.25, 0.3) is 5.76 Å². The highest BCUT2D eigenvalue weighted by Crippen LogP contribution is 2.41. The second kappa shape index (κ2) is 10.4. The lowest BCUT2D eigenvalue weighted by atomic mass is 9.93. The Morgan fingerprint density at radius 3 is 2.33 bits per heavy atom. The van der Waals surface area contributed by atoms with E-state index in [0.717, 1.165) is 11.1 Å². The fourth-order valence-electron chi connectivity index (χ4n) is 3.92. The first-order valence-electron chi connectivity index (χ1n) is 11.0. The van der Waals surface area contributed by atoms with Crippen molar-refractivity contribution >= 4 is 29.1 Å². The van der Waals surface area contributed by atoms with Crippen LogP contribution in [-0.2, 0) is 14.3 Å². The first kappa shape index (κ1) is 24.8. The molecule has 7 heteroatoms. The van der Waals surface area contributed by atoms with E-state index < -0.39 is 17.7 Å². The second-order valence-electron chi connectivity index (χ2n) is 8.58. The van der Waals surface area contributed by atoms with E-state index in [2.05, 4.69) is 13.8 Å². The summed E-state index contributed by atoms with van der Waals surface area (Å²) in [5.74, 6) is -1.07. The number of amides is 1. The van der Waals surface area contributed by atoms with Crippen LogP contribution in [0.3, 0.4) is 0 Å². The third kappa shape index (κ3) is 5.23. The van der Waals surface area contributed by atoms with Crippen LogP contribution in [-0.4, -0.2) is 48.1 Å². The van der Waals surface area contributed by atoms with Crippen LogP contribution < -0.4 is 4.74 Å². The van der Waals surface area contributed by atoms with Crippen molar-refractivity contribution in [1.82, 2.24) is 4.90 Å². The minimum absolute atomic E-state index is 0.00223. The number of aliphatic hydroxyl groups is 1. The van der Waals surface area contributed by atoms with Gasteiger partial charge in [0.05, 0.1) is 37.0 Å². The van der Waals surface area contributed by atoms with Gasteiger partial charge in [0.15, 0.2) is 0 Å². The SMILES string of the molecule is COc1ccc(Cl)cc1/C(O)=C1\C(=O)C(=O)N(CCOC(C)C)C1c1ccc(C(C)C)cc1. The quantitative estimate of drug-likeness (QED) is 0.320. The minimum Gasteiger partial charge on any atom is -0.507 e. The number of likely N-dealkylation sites (tertiary alicyclic amines) is 1. The zero-order chi connectivity index (χ0) is 24.3. The van der Waals surface area contributed by atoms with Gasteiger partial charge in [-0.05, 0) is 49.1 Å². The Kier molecular flexibility index (Phi) is 7.82. The van der Waals surface area contributed by atoms with E-state index in [1.54, 1.807) is 12.1 Å². The number of halogens is 1. The number of nitrogens with zero attached hydrogens (tertiary/aromatic N) is 1. The van der Waals surface area contributed by atoms with Crippen LogP contribution >= 0.6 is 11.6 Å². The summed E-state index contributed by atoms with van der Waals surface area (Å²) in [5, 5.41) is 11.6. The third-order valence-electron chi connectivity index (χ3n) is 5.66. The molecule has 6 nitrogen and oxygen atoms in total. The van der Waals surface area contributed by atoms with Gasteiger partial charge in [0.2, 0.25) is 0 Å². The topological polar surface area (TPSA) is 76.1 Å². The van der Waals surface area contributed by atoms with Gasteiger partial charge in [0, 0.05) is 11.6 Å². The summed E-state index contributed by atoms with van der Waals surface area (Å²) in [6.07, 6.45) is -0.0127. The summed E-state index contributed by atoms with van der Waals surface area (Å²) < 4.78 is 11.0. The smallest absolute Gasteiger partial charge is 0.295 e. The Bertz CT molecular complexity index is 1060. The molecule has 3 rings (SSSR count). The van der Waals surface area contributed by atoms with Gasteiger partial charge in [-0.15, -0.1) is 0 Å². The van der Waals surface area contributed by atoms with Crippen molar-refractivity contribution in [2.24, 2.45) is 0 Å². The molecule has 33 heavy (non-hydrogen) atoms. The van der Waals surface area contributed by atoms with Gasteiger partial charge in [-0.2, -0.15) is 0 Å². The summed E-state index contributed by atoms with van der Waals surface area (Å²) in [6.45, 7) is 8.48. The lowest BCUT2D eigenvalue weighted by Crippen LogP contribution is -2.33. The average Bonchev–Trinajstić information content (AvgIpc) is 3.03. The predicted octanol–water partition coefficient (Wildman–Crippen LogP) is 5.32. The molecule has 1 amide bonds. The number of carbonyl (C=O) groups excluding carboxylic acids is 2. The van der Waals surface area contributed by atoms with Crippen molar-refractivity contribution in [3.63, 3.8) is 0 Å². The van der Waals surface area contributed by atoms with Crippen molar-refractivity contribution in [3.8, 4) is 5.75 Å². The number of ketones is 1. The molecule has 1 unspecified atom stereocenters. The van der Waals surface area contributed by atoms with Gasteiger partial charge in [-0.1, -0.05) is 49.7 Å². The maximum Gasteiger partial charge on any atom is 0.295 e. The highest BCUT2D eigenvalue weighted by Gasteiger charge is 2.46. The van der Waals surface area contributed by atoms with Crippen molar-refractivity contribution in [2.75, 3.05) is 20.3 Å². The number of rotatable bonds is 8. The molecule has 0 aliphatic carbocycles. The first-order chi connectivity index (χ1) is 15.6. The molecule has 2 aromatic rings. The van der Waals surface area contributed by atoms with Crippen LogP contribution in [0.1, 0.15) is 56.3 Å². The van der Waals surface area contributed by atoms with Crippen LogP contribution in [0.4, 0.5) is 0 Å². The van der Waals surface area contributed by atoms with Crippen LogP contribution in [0.15, 0.2) is 48.0 Å². The van der Waals surface area contributed by atoms with Crippen molar-refractivity contribution < 1.29 is 24.2 Å². The van der Waals surface area contributed by atoms with Gasteiger partial charge in [0.25, 0.3) is 11.7 Å². The van der Waals surface area contributed by atoms with Gasteiger partial charge in [-0.25, -0.2) is 0 Å². The van der Waals surface area contributed by atoms with Gasteiger partial charge >= 0.3 is 0 Å². The number of hydrogen-bond donors (Lipinski definition) is 1. The van der Waals surface area contributed by atoms with Crippen molar-refractivity contribution in [3.05, 3.63) is 69.8 Å². The van der Waals surface area contributed by atoms with E-state index >= 15 is 0 Å². The maximum atomic E-state index is 13.1. The molecule has 176 valence electrons. The number of aliphatic hydroxyl groups excluding tert-OH is 1. The second-order valence-corrected chi connectivity index (χ2v) is 9.01. The Hall–Kier alpha value is -2.83. The molecule has 1 atom stereocenters. The molecule has 1 saturated heterocycles. The molecule has 1 heterocycles. The first-order valence-corrected chi connectivity index (χ1v) is 11.4. The molecular formula is C26H30ClNO5. The number of hydrogen-bond acceptors (Lipinski definition) is 5. The van der Waals surface area contributed by atoms with E-state index in [1.807, 2.05) is 38.1 Å². The molecule has 0 aromatic heterocycles. The molecule has 1 aliphatic rings. The average molecular weight is 472 g/mol. The number of benzene rings is 2. The monoisotopic (exact) mass is 471 g/mol. The Morgan fingerprint density at radius 1 is 1.09 bits per heavy atom. The zero-order valence-electron chi connectivity index (χ0n) is 19.6. The fraction of sp³-hybridized carbons (Fsp3) is 0.385. The fourth-order valence-corrected chi connectivity index (χ4v) is 4.09. The molecule has 0 saturated carbocycles. The van der Waals surface area contributed by atoms with Crippen molar-refractivity contribution in [1.29, 1.82) is 0 Å². The highest BCUT2D eigenvalue weighted by atomic mass is 35.5. The van der Waals surface area contributed by atoms with Crippen LogP contribution in [0.5, 0.6) is 5.75 Å². The third-order valence-corrected chi connectivity index (χ3v) is 5.89. The maximum absolute atomic E-state index is 13.1. The summed E-state index contributed by atoms with van der Waals surface area (Å²) in [4.78, 5) is 27.6. The van der Waals surface area contributed by atoms with Gasteiger partial charge in [-0.3, -0.25) is 9.59 Å². The minimum atomic E-state index is -0.759. The zero-order valence-corrected chi connectivity index (χ0v) is 20.3. The van der Waals surface area contributed by atoms with E-state index in [4.69, 9.17) is 21.1 Å². The number of carbonyl (C=O) groups is 2. The molecular weight excluding hydrogens is 442 g/mol. The number of methoxy groups -OCH3 is 1. The molecule has 2 aromatic carbocycles. The largest absolute Gasteiger partial charge is 0.507 e. The Balaban J connectivity index is 2.15. The summed E-state index contributed by atoms with van der Waals surface area (Å²) in [6, 6.07) is 11.7. The molecule has 0 bridgehead atoms. The van der Waals surface area contributed by atoms with E-state index in [-0.39, 0.29) is 36.2 Å². The molecule has 0 radical (unpaired) electrons. The summed E-state index contributed by atoms with van der Waals surface area (Å²) in [5.41, 5.74) is 2.12. The van der Waals surface area contributed by atoms with E-state index in [1.165, 1.54) is 18.1 Å². The Morgan fingerprint density at radius 2 is 1.76 bits per heavy atom. The lowest BCUT2D eigenvalue weighted by molar-refractivity contribution is -0.140. The van der Waals surface area contributed by atoms with E-state index in [0.29, 0.717) is 16.7 Å². The Labute approximate surface area is 199 Å². The number of Topliss-reactive ketones (excluding diaryl/α,β-unsaturated/α-hetero) is 1. The molecule has 1 fully saturated rings. The van der Waals surface area contributed by atoms with Crippen molar-refractivity contribution in [2.45, 2.75) is 45.8 Å². The molecule has 1 aliphatic heterocycles. The highest BCUT2D eigenvalue weighted by molar-refractivity contribution is 6.46. The predicted molar refractivity (Wildman–Crippen MR) is 129 cm³/mol. The summed E-state index contributed by atoms with van der Waals surface area (Å²) in [7, 11) is 1.46. The van der Waals surface area contributed by atoms with Crippen LogP contribution in [0, 0.1) is 0 Å². The number of ether oxygens (including phenoxy) is 2. The van der Waals surface area contributed by atoms with E-state index in [9.17, 15) is 14.7 Å². The lowest BCUT2D eigenvalue weighted by Gasteiger charge is -2.26. The van der Waals surface area contributed by atoms with Gasteiger partial charge in [0.1, 0.15) is 11.5 Å². The molecule has 1 N–H and O–H groups in total.